The van der Waals surface area contributed by atoms with E-state index < -0.39 is 0 Å². The Morgan fingerprint density at radius 1 is 1.20 bits per heavy atom. The summed E-state index contributed by atoms with van der Waals surface area (Å²) >= 11 is 0. The van der Waals surface area contributed by atoms with Gasteiger partial charge in [-0.05, 0) is 24.6 Å². The molecule has 2 aromatic heterocycles. The average molecular weight is 469 g/mol. The molecule has 2 aromatic carbocycles. The van der Waals surface area contributed by atoms with Crippen LogP contribution in [-0.2, 0) is 4.79 Å². The summed E-state index contributed by atoms with van der Waals surface area (Å²) in [5.41, 5.74) is 4.17. The fraction of sp³-hybridized carbons (Fsp3) is 0.192. The molecule has 0 spiro atoms. The monoisotopic (exact) mass is 468 g/mol. The summed E-state index contributed by atoms with van der Waals surface area (Å²) in [5.74, 6) is 1.68. The normalized spacial score (nSPS) is 14.7. The highest BCUT2D eigenvalue weighted by atomic mass is 16.5. The number of amides is 1. The Morgan fingerprint density at radius 2 is 2.03 bits per heavy atom. The largest absolute Gasteiger partial charge is 0.493 e. The Kier molecular flexibility index (Phi) is 5.97. The molecule has 1 aliphatic rings. The first-order valence-electron chi connectivity index (χ1n) is 11.2. The van der Waals surface area contributed by atoms with Gasteiger partial charge in [0.05, 0.1) is 24.7 Å². The van der Waals surface area contributed by atoms with Crippen molar-refractivity contribution in [1.29, 1.82) is 0 Å². The van der Waals surface area contributed by atoms with Gasteiger partial charge in [0.15, 0.2) is 11.5 Å². The summed E-state index contributed by atoms with van der Waals surface area (Å²) in [6.45, 7) is 5.96. The van der Waals surface area contributed by atoms with E-state index in [1.165, 1.54) is 0 Å². The molecule has 35 heavy (non-hydrogen) atoms. The number of aryl methyl sites for hydroxylation is 1. The minimum absolute atomic E-state index is 0.123. The Bertz CT molecular complexity index is 1400. The van der Waals surface area contributed by atoms with Gasteiger partial charge in [0.25, 0.3) is 5.95 Å². The highest BCUT2D eigenvalue weighted by Crippen LogP contribution is 2.42. The Labute approximate surface area is 202 Å². The van der Waals surface area contributed by atoms with Crippen LogP contribution >= 0.6 is 0 Å². The molecular formula is C26H24N6O3. The molecule has 1 unspecified atom stereocenters. The number of methoxy groups -OCH3 is 1. The summed E-state index contributed by atoms with van der Waals surface area (Å²) in [6, 6.07) is 15.4. The molecule has 1 N–H and O–H groups in total. The van der Waals surface area contributed by atoms with Crippen LogP contribution in [0.5, 0.6) is 11.5 Å². The van der Waals surface area contributed by atoms with E-state index >= 15 is 0 Å². The Morgan fingerprint density at radius 3 is 2.80 bits per heavy atom. The minimum atomic E-state index is -0.222. The quantitative estimate of drug-likeness (QED) is 0.408. The Balaban J connectivity index is 1.57. The van der Waals surface area contributed by atoms with Crippen LogP contribution in [0, 0.1) is 6.92 Å². The van der Waals surface area contributed by atoms with Gasteiger partial charge in [0.1, 0.15) is 12.4 Å². The number of hydrogen-bond donors (Lipinski definition) is 1. The molecule has 1 atom stereocenters. The second-order valence-corrected chi connectivity index (χ2v) is 8.08. The highest BCUT2D eigenvalue weighted by molar-refractivity contribution is 5.95. The van der Waals surface area contributed by atoms with E-state index in [4.69, 9.17) is 9.47 Å². The lowest BCUT2D eigenvalue weighted by Gasteiger charge is -2.25. The number of fused-ring (bicyclic) bond motifs is 1. The summed E-state index contributed by atoms with van der Waals surface area (Å²) < 4.78 is 12.8. The van der Waals surface area contributed by atoms with E-state index in [0.29, 0.717) is 29.6 Å². The van der Waals surface area contributed by atoms with Crippen molar-refractivity contribution in [3.05, 3.63) is 84.2 Å². The maximum atomic E-state index is 12.8. The molecule has 0 radical (unpaired) electrons. The molecule has 1 amide bonds. The van der Waals surface area contributed by atoms with Crippen molar-refractivity contribution >= 4 is 11.7 Å². The van der Waals surface area contributed by atoms with Gasteiger partial charge >= 0.3 is 0 Å². The van der Waals surface area contributed by atoms with Crippen molar-refractivity contribution in [3.63, 3.8) is 0 Å². The van der Waals surface area contributed by atoms with Crippen LogP contribution in [0.15, 0.2) is 67.4 Å². The molecule has 4 aromatic rings. The van der Waals surface area contributed by atoms with Crippen molar-refractivity contribution in [1.82, 2.24) is 25.0 Å². The number of nitrogens with zero attached hydrogens (tertiary/aromatic N) is 5. The molecule has 176 valence electrons. The third-order valence-electron chi connectivity index (χ3n) is 5.86. The zero-order valence-corrected chi connectivity index (χ0v) is 19.4. The van der Waals surface area contributed by atoms with Gasteiger partial charge in [-0.25, -0.2) is 4.98 Å². The number of carbonyl (C=O) groups is 1. The predicted molar refractivity (Wildman–Crippen MR) is 131 cm³/mol. The number of rotatable bonds is 7. The van der Waals surface area contributed by atoms with Crippen LogP contribution in [0.1, 0.15) is 29.2 Å². The fourth-order valence-corrected chi connectivity index (χ4v) is 4.28. The first-order chi connectivity index (χ1) is 17.1. The topological polar surface area (TPSA) is 104 Å². The van der Waals surface area contributed by atoms with Crippen LogP contribution in [0.4, 0.5) is 5.82 Å². The zero-order chi connectivity index (χ0) is 24.4. The first-order valence-corrected chi connectivity index (χ1v) is 11.2. The molecule has 3 heterocycles. The minimum Gasteiger partial charge on any atom is -0.493 e. The smallest absolute Gasteiger partial charge is 0.272 e. The van der Waals surface area contributed by atoms with Crippen LogP contribution < -0.4 is 14.8 Å². The van der Waals surface area contributed by atoms with Crippen LogP contribution in [0.2, 0.25) is 0 Å². The Hall–Kier alpha value is -4.53. The summed E-state index contributed by atoms with van der Waals surface area (Å²) in [5, 5.41) is 16.0. The fourth-order valence-electron chi connectivity index (χ4n) is 4.28. The summed E-state index contributed by atoms with van der Waals surface area (Å²) in [6.07, 6.45) is 3.55. The van der Waals surface area contributed by atoms with E-state index in [-0.39, 0.29) is 24.2 Å². The number of aromatic nitrogens is 5. The summed E-state index contributed by atoms with van der Waals surface area (Å²) in [4.78, 5) is 17.4. The predicted octanol–water partition coefficient (Wildman–Crippen LogP) is 4.08. The van der Waals surface area contributed by atoms with Gasteiger partial charge in [0, 0.05) is 23.5 Å². The summed E-state index contributed by atoms with van der Waals surface area (Å²) in [7, 11) is 1.59. The molecule has 9 nitrogen and oxygen atoms in total. The maximum absolute atomic E-state index is 12.8. The van der Waals surface area contributed by atoms with E-state index in [1.54, 1.807) is 24.1 Å². The van der Waals surface area contributed by atoms with Gasteiger partial charge in [-0.2, -0.15) is 14.9 Å². The van der Waals surface area contributed by atoms with Crippen molar-refractivity contribution < 1.29 is 14.3 Å². The van der Waals surface area contributed by atoms with Crippen LogP contribution in [0.25, 0.3) is 17.2 Å². The van der Waals surface area contributed by atoms with E-state index in [0.717, 1.165) is 22.4 Å². The first kappa shape index (κ1) is 22.3. The van der Waals surface area contributed by atoms with Crippen LogP contribution in [0.3, 0.4) is 0 Å². The van der Waals surface area contributed by atoms with Crippen molar-refractivity contribution in [2.75, 3.05) is 19.0 Å². The molecule has 9 heteroatoms. The third-order valence-corrected chi connectivity index (χ3v) is 5.86. The van der Waals surface area contributed by atoms with E-state index in [1.807, 2.05) is 55.5 Å². The van der Waals surface area contributed by atoms with Gasteiger partial charge in [-0.3, -0.25) is 4.79 Å². The highest BCUT2D eigenvalue weighted by Gasteiger charge is 2.33. The molecular weight excluding hydrogens is 444 g/mol. The number of ether oxygens (including phenoxy) is 2. The molecule has 5 rings (SSSR count). The second-order valence-electron chi connectivity index (χ2n) is 8.08. The van der Waals surface area contributed by atoms with Crippen molar-refractivity contribution in [2.24, 2.45) is 0 Å². The standard InChI is InChI=1S/C26H24N6O3/c1-4-12-35-21-11-10-18(13-22(21)34-3)19-14-23(33)29-25-24(19)16(2)31-32(25)26-28-20(15-27-30-26)17-8-6-5-7-9-17/h4-11,13,15,19H,1,12,14H2,2-3H3,(H,29,33). The number of anilines is 1. The van der Waals surface area contributed by atoms with Gasteiger partial charge in [-0.15, -0.1) is 5.10 Å². The number of nitrogens with one attached hydrogen (secondary N) is 1. The van der Waals surface area contributed by atoms with Crippen molar-refractivity contribution in [3.8, 4) is 28.7 Å². The lowest BCUT2D eigenvalue weighted by Crippen LogP contribution is -2.25. The third kappa shape index (κ3) is 4.23. The molecule has 1 aliphatic heterocycles. The van der Waals surface area contributed by atoms with Crippen LogP contribution in [-0.4, -0.2) is 44.6 Å². The molecule has 0 fully saturated rings. The zero-order valence-electron chi connectivity index (χ0n) is 19.4. The lowest BCUT2D eigenvalue weighted by atomic mass is 9.85. The van der Waals surface area contributed by atoms with Crippen molar-refractivity contribution in [2.45, 2.75) is 19.3 Å². The molecule has 0 aliphatic carbocycles. The lowest BCUT2D eigenvalue weighted by molar-refractivity contribution is -0.116. The average Bonchev–Trinajstić information content (AvgIpc) is 3.23. The number of hydrogen-bond acceptors (Lipinski definition) is 7. The van der Waals surface area contributed by atoms with E-state index in [9.17, 15) is 4.79 Å². The van der Waals surface area contributed by atoms with Gasteiger partial charge in [-0.1, -0.05) is 49.1 Å². The number of benzene rings is 2. The second kappa shape index (κ2) is 9.38. The molecule has 0 saturated heterocycles. The molecule has 0 saturated carbocycles. The molecule has 0 bridgehead atoms. The van der Waals surface area contributed by atoms with Gasteiger partial charge in [0.2, 0.25) is 5.91 Å². The SMILES string of the molecule is C=CCOc1ccc(C2CC(=O)Nc3c2c(C)nn3-c2nncc(-c3ccccc3)n2)cc1OC. The maximum Gasteiger partial charge on any atom is 0.272 e. The number of carbonyl (C=O) groups excluding carboxylic acids is 1. The van der Waals surface area contributed by atoms with E-state index in [2.05, 4.69) is 32.2 Å². The van der Waals surface area contributed by atoms with Gasteiger partial charge < -0.3 is 14.8 Å².